The Balaban J connectivity index is 3.05. The molecule has 0 saturated carbocycles. The van der Waals surface area contributed by atoms with E-state index in [0.29, 0.717) is 6.42 Å². The number of aliphatic hydroxyl groups is 1. The van der Waals surface area contributed by atoms with Crippen molar-refractivity contribution in [3.63, 3.8) is 0 Å². The molecular formula is C12H18FNO3S. The van der Waals surface area contributed by atoms with Gasteiger partial charge in [-0.1, -0.05) is 25.5 Å². The van der Waals surface area contributed by atoms with Crippen LogP contribution < -0.4 is 0 Å². The zero-order valence-corrected chi connectivity index (χ0v) is 11.2. The summed E-state index contributed by atoms with van der Waals surface area (Å²) in [5.41, 5.74) is 0. The molecule has 0 aliphatic heterocycles. The van der Waals surface area contributed by atoms with Crippen molar-refractivity contribution in [2.24, 2.45) is 0 Å². The number of unbranched alkanes of at least 4 members (excludes halogenated alkanes) is 1. The van der Waals surface area contributed by atoms with Crippen LogP contribution in [0.15, 0.2) is 29.2 Å². The van der Waals surface area contributed by atoms with Gasteiger partial charge in [0.1, 0.15) is 10.7 Å². The van der Waals surface area contributed by atoms with Crippen molar-refractivity contribution in [1.82, 2.24) is 4.31 Å². The lowest BCUT2D eigenvalue weighted by Gasteiger charge is -2.21. The maximum Gasteiger partial charge on any atom is 0.246 e. The maximum absolute atomic E-state index is 13.5. The molecule has 0 spiro atoms. The summed E-state index contributed by atoms with van der Waals surface area (Å²) in [7, 11) is -3.87. The zero-order chi connectivity index (χ0) is 13.6. The predicted molar refractivity (Wildman–Crippen MR) is 67.2 cm³/mol. The van der Waals surface area contributed by atoms with Crippen LogP contribution in [0.1, 0.15) is 19.8 Å². The first-order chi connectivity index (χ1) is 8.54. The summed E-state index contributed by atoms with van der Waals surface area (Å²) in [4.78, 5) is -0.338. The number of sulfonamides is 1. The Kier molecular flexibility index (Phi) is 5.71. The molecule has 1 aromatic carbocycles. The third-order valence-electron chi connectivity index (χ3n) is 2.56. The number of benzene rings is 1. The number of nitrogens with zero attached hydrogens (tertiary/aromatic N) is 1. The first-order valence-electron chi connectivity index (χ1n) is 5.89. The van der Waals surface area contributed by atoms with Gasteiger partial charge in [-0.15, -0.1) is 0 Å². The molecule has 6 heteroatoms. The fourth-order valence-corrected chi connectivity index (χ4v) is 3.13. The van der Waals surface area contributed by atoms with Gasteiger partial charge in [0.15, 0.2) is 0 Å². The Labute approximate surface area is 107 Å². The minimum Gasteiger partial charge on any atom is -0.395 e. The van der Waals surface area contributed by atoms with E-state index in [4.69, 9.17) is 5.11 Å². The smallest absolute Gasteiger partial charge is 0.246 e. The highest BCUT2D eigenvalue weighted by molar-refractivity contribution is 7.89. The van der Waals surface area contributed by atoms with Crippen LogP contribution in [0, 0.1) is 5.82 Å². The van der Waals surface area contributed by atoms with Gasteiger partial charge in [-0.25, -0.2) is 12.8 Å². The highest BCUT2D eigenvalue weighted by Crippen LogP contribution is 2.19. The Hall–Kier alpha value is -0.980. The normalized spacial score (nSPS) is 12.0. The number of hydrogen-bond acceptors (Lipinski definition) is 3. The summed E-state index contributed by atoms with van der Waals surface area (Å²) in [6, 6.07) is 5.27. The van der Waals surface area contributed by atoms with E-state index in [9.17, 15) is 12.8 Å². The largest absolute Gasteiger partial charge is 0.395 e. The molecule has 4 nitrogen and oxygen atoms in total. The van der Waals surface area contributed by atoms with Gasteiger partial charge in [0.25, 0.3) is 0 Å². The second-order valence-electron chi connectivity index (χ2n) is 3.91. The van der Waals surface area contributed by atoms with Gasteiger partial charge in [0.2, 0.25) is 10.0 Å². The van der Waals surface area contributed by atoms with Crippen LogP contribution in [0.4, 0.5) is 4.39 Å². The molecule has 0 unspecified atom stereocenters. The van der Waals surface area contributed by atoms with Crippen molar-refractivity contribution in [1.29, 1.82) is 0 Å². The molecule has 0 atom stereocenters. The summed E-state index contributed by atoms with van der Waals surface area (Å²) < 4.78 is 39.1. The lowest BCUT2D eigenvalue weighted by molar-refractivity contribution is 0.252. The molecule has 0 fully saturated rings. The van der Waals surface area contributed by atoms with E-state index in [1.807, 2.05) is 6.92 Å². The van der Waals surface area contributed by atoms with Gasteiger partial charge in [0, 0.05) is 13.1 Å². The summed E-state index contributed by atoms with van der Waals surface area (Å²) >= 11 is 0. The monoisotopic (exact) mass is 275 g/mol. The van der Waals surface area contributed by atoms with E-state index in [-0.39, 0.29) is 24.6 Å². The standard InChI is InChI=1S/C12H18FNO3S/c1-2-3-8-14(9-10-15)18(16,17)12-7-5-4-6-11(12)13/h4-7,15H,2-3,8-10H2,1H3. The maximum atomic E-state index is 13.5. The molecule has 0 aromatic heterocycles. The van der Waals surface area contributed by atoms with E-state index in [2.05, 4.69) is 0 Å². The molecule has 1 N–H and O–H groups in total. The van der Waals surface area contributed by atoms with Crippen molar-refractivity contribution in [3.8, 4) is 0 Å². The first-order valence-corrected chi connectivity index (χ1v) is 7.33. The summed E-state index contributed by atoms with van der Waals surface area (Å²) in [5, 5.41) is 8.92. The predicted octanol–water partition coefficient (Wildman–Crippen LogP) is 1.61. The molecule has 0 radical (unpaired) electrons. The van der Waals surface area contributed by atoms with E-state index < -0.39 is 15.8 Å². The van der Waals surface area contributed by atoms with Gasteiger partial charge in [-0.3, -0.25) is 0 Å². The van der Waals surface area contributed by atoms with E-state index >= 15 is 0 Å². The molecule has 0 saturated heterocycles. The molecule has 18 heavy (non-hydrogen) atoms. The zero-order valence-electron chi connectivity index (χ0n) is 10.3. The average Bonchev–Trinajstić information content (AvgIpc) is 2.34. The Morgan fingerprint density at radius 1 is 1.28 bits per heavy atom. The van der Waals surface area contributed by atoms with E-state index in [1.165, 1.54) is 18.2 Å². The molecular weight excluding hydrogens is 257 g/mol. The van der Waals surface area contributed by atoms with Gasteiger partial charge in [0.05, 0.1) is 6.61 Å². The van der Waals surface area contributed by atoms with Gasteiger partial charge in [-0.05, 0) is 18.6 Å². The van der Waals surface area contributed by atoms with E-state index in [1.54, 1.807) is 0 Å². The van der Waals surface area contributed by atoms with Crippen molar-refractivity contribution in [2.75, 3.05) is 19.7 Å². The van der Waals surface area contributed by atoms with E-state index in [0.717, 1.165) is 16.8 Å². The molecule has 0 amide bonds. The molecule has 0 bridgehead atoms. The number of aliphatic hydroxyl groups excluding tert-OH is 1. The van der Waals surface area contributed by atoms with Gasteiger partial charge < -0.3 is 5.11 Å². The highest BCUT2D eigenvalue weighted by Gasteiger charge is 2.26. The molecule has 0 aliphatic carbocycles. The van der Waals surface area contributed by atoms with Crippen LogP contribution in [0.2, 0.25) is 0 Å². The molecule has 0 aliphatic rings. The topological polar surface area (TPSA) is 57.6 Å². The molecule has 1 aromatic rings. The Bertz CT molecular complexity index is 476. The quantitative estimate of drug-likeness (QED) is 0.822. The van der Waals surface area contributed by atoms with Crippen molar-refractivity contribution >= 4 is 10.0 Å². The lowest BCUT2D eigenvalue weighted by Crippen LogP contribution is -2.34. The number of rotatable bonds is 7. The second-order valence-corrected chi connectivity index (χ2v) is 5.82. The van der Waals surface area contributed by atoms with Crippen molar-refractivity contribution in [3.05, 3.63) is 30.1 Å². The SMILES string of the molecule is CCCCN(CCO)S(=O)(=O)c1ccccc1F. The minimum atomic E-state index is -3.87. The lowest BCUT2D eigenvalue weighted by atomic mass is 10.3. The average molecular weight is 275 g/mol. The Morgan fingerprint density at radius 2 is 1.94 bits per heavy atom. The Morgan fingerprint density at radius 3 is 2.50 bits per heavy atom. The van der Waals surface area contributed by atoms with Crippen LogP contribution >= 0.6 is 0 Å². The molecule has 0 heterocycles. The molecule has 1 rings (SSSR count). The molecule has 102 valence electrons. The van der Waals surface area contributed by atoms with Crippen LogP contribution in [0.5, 0.6) is 0 Å². The summed E-state index contributed by atoms with van der Waals surface area (Å²) in [6.07, 6.45) is 1.50. The first kappa shape index (κ1) is 15.1. The van der Waals surface area contributed by atoms with Crippen LogP contribution in [-0.4, -0.2) is 37.5 Å². The van der Waals surface area contributed by atoms with Crippen LogP contribution in [-0.2, 0) is 10.0 Å². The van der Waals surface area contributed by atoms with Gasteiger partial charge in [-0.2, -0.15) is 4.31 Å². The fraction of sp³-hybridized carbons (Fsp3) is 0.500. The van der Waals surface area contributed by atoms with Crippen LogP contribution in [0.25, 0.3) is 0 Å². The highest BCUT2D eigenvalue weighted by atomic mass is 32.2. The van der Waals surface area contributed by atoms with Crippen molar-refractivity contribution in [2.45, 2.75) is 24.7 Å². The van der Waals surface area contributed by atoms with Crippen molar-refractivity contribution < 1.29 is 17.9 Å². The number of hydrogen-bond donors (Lipinski definition) is 1. The minimum absolute atomic E-state index is 0.0172. The fourth-order valence-electron chi connectivity index (χ4n) is 1.59. The summed E-state index contributed by atoms with van der Waals surface area (Å²) in [6.45, 7) is 1.93. The third-order valence-corrected chi connectivity index (χ3v) is 4.50. The second kappa shape index (κ2) is 6.82. The van der Waals surface area contributed by atoms with Gasteiger partial charge >= 0.3 is 0 Å². The summed E-state index contributed by atoms with van der Waals surface area (Å²) in [5.74, 6) is -0.767. The number of halogens is 1. The third kappa shape index (κ3) is 3.51. The van der Waals surface area contributed by atoms with Crippen LogP contribution in [0.3, 0.4) is 0 Å².